The molecular weight excluding hydrogens is 1170 g/mol. The Balaban J connectivity index is 0.000000249. The van der Waals surface area contributed by atoms with Crippen LogP contribution < -0.4 is 20.4 Å². The van der Waals surface area contributed by atoms with Crippen LogP contribution in [0.4, 0.5) is 21.0 Å². The summed E-state index contributed by atoms with van der Waals surface area (Å²) in [6.45, 7) is 2.75. The van der Waals surface area contributed by atoms with Gasteiger partial charge in [0.05, 0.1) is 29.4 Å². The van der Waals surface area contributed by atoms with Crippen molar-refractivity contribution in [3.05, 3.63) is 233 Å². The molecular formula is C65H67N5O14P2S. The number of nitrogens with zero attached hydrogens (tertiary/aromatic N) is 3. The van der Waals surface area contributed by atoms with Crippen molar-refractivity contribution in [2.45, 2.75) is 52.0 Å². The Kier molecular flexibility index (Phi) is 24.0. The third-order valence-corrected chi connectivity index (χ3v) is 17.9. The number of rotatable bonds is 26. The first-order chi connectivity index (χ1) is 41.8. The van der Waals surface area contributed by atoms with Crippen LogP contribution in [0.2, 0.25) is 0 Å². The third-order valence-electron chi connectivity index (χ3n) is 13.8. The van der Waals surface area contributed by atoms with Crippen LogP contribution in [-0.4, -0.2) is 97.9 Å². The number of hydrogen-bond donors (Lipinski definition) is 6. The predicted octanol–water partition coefficient (Wildman–Crippen LogP) is 11.8. The van der Waals surface area contributed by atoms with Gasteiger partial charge in [0, 0.05) is 41.7 Å². The van der Waals surface area contributed by atoms with Crippen molar-refractivity contribution >= 4 is 73.4 Å². The molecule has 0 aliphatic rings. The lowest BCUT2D eigenvalue weighted by atomic mass is 9.98. The molecule has 8 aromatic rings. The molecule has 6 N–H and O–H groups in total. The van der Waals surface area contributed by atoms with Gasteiger partial charge >= 0.3 is 24.1 Å². The van der Waals surface area contributed by atoms with Crippen molar-refractivity contribution in [2.75, 3.05) is 34.7 Å². The number of carboxylic acids is 2. The lowest BCUT2D eigenvalue weighted by Crippen LogP contribution is -2.47. The molecule has 0 fully saturated rings. The summed E-state index contributed by atoms with van der Waals surface area (Å²) in [5.41, 5.74) is 6.61. The summed E-state index contributed by atoms with van der Waals surface area (Å²) in [6.07, 6.45) is -2.29. The second-order valence-electron chi connectivity index (χ2n) is 20.3. The zero-order chi connectivity index (χ0) is 62.3. The second kappa shape index (κ2) is 31.9. The van der Waals surface area contributed by atoms with E-state index in [2.05, 4.69) is 15.6 Å². The predicted molar refractivity (Wildman–Crippen MR) is 335 cm³/mol. The molecule has 4 amide bonds. The van der Waals surface area contributed by atoms with Crippen molar-refractivity contribution < 1.29 is 67.4 Å². The number of carbonyl (C=O) groups is 6. The molecule has 87 heavy (non-hydrogen) atoms. The van der Waals surface area contributed by atoms with Crippen molar-refractivity contribution in [3.63, 3.8) is 0 Å². The fourth-order valence-electron chi connectivity index (χ4n) is 9.25. The molecule has 22 heteroatoms. The van der Waals surface area contributed by atoms with Crippen LogP contribution in [-0.2, 0) is 63.8 Å². The Morgan fingerprint density at radius 1 is 0.483 bits per heavy atom. The van der Waals surface area contributed by atoms with Crippen molar-refractivity contribution in [3.8, 4) is 22.3 Å². The highest BCUT2D eigenvalue weighted by molar-refractivity contribution is 7.58. The Morgan fingerprint density at radius 3 is 1.16 bits per heavy atom. The number of benzene rings is 7. The molecule has 0 spiro atoms. The first-order valence-electron chi connectivity index (χ1n) is 27.6. The van der Waals surface area contributed by atoms with E-state index in [0.29, 0.717) is 16.4 Å². The molecule has 0 bridgehead atoms. The minimum atomic E-state index is -4.13. The molecule has 19 nitrogen and oxygen atoms in total. The average Bonchev–Trinajstić information content (AvgIpc) is 3.22. The molecule has 6 atom stereocenters. The molecule has 452 valence electrons. The minimum absolute atomic E-state index is 0.0113. The number of thiazole rings is 1. The van der Waals surface area contributed by atoms with E-state index in [1.54, 1.807) is 133 Å². The lowest BCUT2D eigenvalue weighted by Gasteiger charge is -2.31. The van der Waals surface area contributed by atoms with E-state index in [9.17, 15) is 57.9 Å². The minimum Gasteiger partial charge on any atom is -0.480 e. The van der Waals surface area contributed by atoms with Crippen LogP contribution in [0.5, 0.6) is 0 Å². The fourth-order valence-corrected chi connectivity index (χ4v) is 12.9. The van der Waals surface area contributed by atoms with E-state index in [-0.39, 0.29) is 26.1 Å². The van der Waals surface area contributed by atoms with Gasteiger partial charge in [-0.25, -0.2) is 24.2 Å². The number of aliphatic carboxylic acids is 2. The number of carbonyl (C=O) groups excluding carboxylic acids is 4. The van der Waals surface area contributed by atoms with Crippen LogP contribution in [0, 0.1) is 11.8 Å². The molecule has 0 saturated carbocycles. The molecule has 1 heterocycles. The summed E-state index contributed by atoms with van der Waals surface area (Å²) < 4.78 is 36.9. The smallest absolute Gasteiger partial charge is 0.407 e. The maximum Gasteiger partial charge on any atom is 0.407 e. The Hall–Kier alpha value is -9.03. The number of nitrogens with one attached hydrogen (secondary N) is 2. The number of ether oxygens (including phenoxy) is 2. The molecule has 0 saturated heterocycles. The summed E-state index contributed by atoms with van der Waals surface area (Å²) in [7, 11) is -8.26. The fraction of sp³-hybridized carbons (Fsp3) is 0.215. The van der Waals surface area contributed by atoms with Crippen LogP contribution in [0.15, 0.2) is 212 Å². The van der Waals surface area contributed by atoms with Gasteiger partial charge in [-0.2, -0.15) is 0 Å². The van der Waals surface area contributed by atoms with Gasteiger partial charge < -0.3 is 40.1 Å². The Morgan fingerprint density at radius 2 is 0.816 bits per heavy atom. The SMILES string of the molecule is C[C@@H](C(=O)O)N(C(=O)C(Cc1ccccc1)CP(=O)(O)CNC(=O)OCc1ccccc1)c1ccc(-c2ccccc2)cc1.C[C@@H](C(=O)O)N(C(=O)C(Cc1nccs1)CP(=O)(O)CNC(=O)OCc1ccccc1)c1ccc(-c2ccccc2)cc1. The third kappa shape index (κ3) is 20.3. The second-order valence-corrected chi connectivity index (χ2v) is 26.1. The Labute approximate surface area is 508 Å². The average molecular weight is 1240 g/mol. The number of amides is 4. The topological polar surface area (TPSA) is 279 Å². The first kappa shape index (κ1) is 65.5. The molecule has 4 unspecified atom stereocenters. The van der Waals surface area contributed by atoms with E-state index in [1.807, 2.05) is 78.9 Å². The number of carboxylic acid groups (broad SMARTS) is 2. The number of aromatic nitrogens is 1. The van der Waals surface area contributed by atoms with Gasteiger partial charge in [-0.15, -0.1) is 11.3 Å². The van der Waals surface area contributed by atoms with Crippen LogP contribution >= 0.6 is 26.1 Å². The van der Waals surface area contributed by atoms with E-state index in [1.165, 1.54) is 25.2 Å². The lowest BCUT2D eigenvalue weighted by molar-refractivity contribution is -0.140. The van der Waals surface area contributed by atoms with Crippen molar-refractivity contribution in [1.82, 2.24) is 15.6 Å². The van der Waals surface area contributed by atoms with Gasteiger partial charge in [0.1, 0.15) is 25.3 Å². The van der Waals surface area contributed by atoms with E-state index in [0.717, 1.165) is 48.7 Å². The molecule has 7 aromatic carbocycles. The van der Waals surface area contributed by atoms with Crippen molar-refractivity contribution in [2.24, 2.45) is 11.8 Å². The van der Waals surface area contributed by atoms with Gasteiger partial charge in [-0.1, -0.05) is 176 Å². The summed E-state index contributed by atoms with van der Waals surface area (Å²) in [6, 6.07) is 57.4. The van der Waals surface area contributed by atoms with Crippen LogP contribution in [0.1, 0.15) is 35.5 Å². The molecule has 0 aliphatic carbocycles. The Bertz CT molecular complexity index is 3610. The standard InChI is InChI=1S/C34H35N2O7P.C31H32N3O7PS/c1-25(33(38)39)36(31-19-17-29(18-20-31)28-15-9-4-10-16-28)32(37)30(21-26-11-5-2-6-12-26)23-44(41,42)24-35-34(40)43-22-27-13-7-3-8-14-27;1-22(30(36)37)34(27-14-12-25(13-15-27)24-10-6-3-7-11-24)29(35)26(18-28-32-16-17-43-28)20-42(39,40)21-33-31(38)41-19-23-8-4-2-5-9-23/h2-20,25,30H,21-24H2,1H3,(H,35,40)(H,38,39)(H,41,42);2-17,22,26H,18-21H2,1H3,(H,33,38)(H,36,37)(H,39,40)/t25-,30?;22-,26?/m00/s1. The zero-order valence-electron chi connectivity index (χ0n) is 47.7. The molecule has 1 aromatic heterocycles. The van der Waals surface area contributed by atoms with Gasteiger partial charge in [-0.05, 0) is 83.5 Å². The highest BCUT2D eigenvalue weighted by Crippen LogP contribution is 2.44. The van der Waals surface area contributed by atoms with E-state index < -0.39 is 99.5 Å². The van der Waals surface area contributed by atoms with Crippen LogP contribution in [0.25, 0.3) is 22.3 Å². The number of hydrogen-bond acceptors (Lipinski definition) is 12. The quantitative estimate of drug-likeness (QED) is 0.0275. The molecule has 8 rings (SSSR count). The van der Waals surface area contributed by atoms with Gasteiger partial charge in [0.15, 0.2) is 0 Å². The largest absolute Gasteiger partial charge is 0.480 e. The summed E-state index contributed by atoms with van der Waals surface area (Å²) in [5.74, 6) is -5.87. The number of alkyl carbamates (subject to hydrolysis) is 2. The van der Waals surface area contributed by atoms with E-state index >= 15 is 0 Å². The van der Waals surface area contributed by atoms with Gasteiger partial charge in [0.25, 0.3) is 0 Å². The van der Waals surface area contributed by atoms with Crippen LogP contribution in [0.3, 0.4) is 0 Å². The molecule has 0 radical (unpaired) electrons. The first-order valence-corrected chi connectivity index (χ1v) is 32.6. The van der Waals surface area contributed by atoms with E-state index in [4.69, 9.17) is 9.47 Å². The maximum atomic E-state index is 14.1. The normalized spacial score (nSPS) is 13.7. The monoisotopic (exact) mass is 1240 g/mol. The van der Waals surface area contributed by atoms with Crippen molar-refractivity contribution in [1.29, 1.82) is 0 Å². The maximum absolute atomic E-state index is 14.1. The summed E-state index contributed by atoms with van der Waals surface area (Å²) in [5, 5.41) is 26.7. The zero-order valence-corrected chi connectivity index (χ0v) is 50.3. The van der Waals surface area contributed by atoms with Gasteiger partial charge in [-0.3, -0.25) is 28.5 Å². The summed E-state index contributed by atoms with van der Waals surface area (Å²) >= 11 is 1.28. The highest BCUT2D eigenvalue weighted by atomic mass is 32.1. The summed E-state index contributed by atoms with van der Waals surface area (Å²) in [4.78, 5) is 105. The molecule has 0 aliphatic heterocycles. The number of anilines is 2. The van der Waals surface area contributed by atoms with Gasteiger partial charge in [0.2, 0.25) is 26.6 Å². The highest BCUT2D eigenvalue weighted by Gasteiger charge is 2.39.